The van der Waals surface area contributed by atoms with E-state index in [2.05, 4.69) is 94.3 Å². The van der Waals surface area contributed by atoms with Crippen molar-refractivity contribution in [2.24, 2.45) is 0 Å². The van der Waals surface area contributed by atoms with Crippen LogP contribution in [0.2, 0.25) is 0 Å². The van der Waals surface area contributed by atoms with Gasteiger partial charge in [-0.25, -0.2) is 9.36 Å². The van der Waals surface area contributed by atoms with Crippen molar-refractivity contribution in [3.05, 3.63) is 0 Å². The van der Waals surface area contributed by atoms with Crippen molar-refractivity contribution in [1.29, 1.82) is 0 Å². The summed E-state index contributed by atoms with van der Waals surface area (Å²) < 4.78 is 25.6. The molecule has 0 spiro atoms. The standard InChI is InChI=1S/C35H41O8P/c1-3-5-7-9-11-13-15-17-19-21-23-25-27-29-34(36)41-31-33(32-42-44(38,39)40)43-35(37)30-28-26-24-22-20-18-16-14-12-10-8-6-4-2/h33H,4,6,8,10,12,14,16,18,20,22,24,26,28,30-32H2,1-2H3,(H2,38,39,40)/t33-/m1/s1. The number of ether oxygens (including phenoxy) is 2. The molecule has 9 heteroatoms. The number of phosphoric ester groups is 1. The quantitative estimate of drug-likeness (QED) is 0.0637. The molecule has 0 amide bonds. The lowest BCUT2D eigenvalue weighted by Crippen LogP contribution is -2.29. The lowest BCUT2D eigenvalue weighted by atomic mass is 10.0. The molecule has 2 N–H and O–H groups in total. The van der Waals surface area contributed by atoms with Crippen molar-refractivity contribution in [2.45, 2.75) is 110 Å². The summed E-state index contributed by atoms with van der Waals surface area (Å²) in [6.45, 7) is 2.73. The molecule has 234 valence electrons. The van der Waals surface area contributed by atoms with Gasteiger partial charge in [0.05, 0.1) is 6.61 Å². The molecular weight excluding hydrogens is 579 g/mol. The molecule has 0 heterocycles. The van der Waals surface area contributed by atoms with E-state index in [1.165, 1.54) is 57.8 Å². The predicted molar refractivity (Wildman–Crippen MR) is 169 cm³/mol. The Kier molecular flexibility index (Phi) is 26.4. The van der Waals surface area contributed by atoms with Crippen molar-refractivity contribution in [2.75, 3.05) is 13.2 Å². The summed E-state index contributed by atoms with van der Waals surface area (Å²) in [4.78, 5) is 42.0. The molecule has 0 saturated heterocycles. The van der Waals surface area contributed by atoms with Gasteiger partial charge in [0.15, 0.2) is 6.10 Å². The van der Waals surface area contributed by atoms with Crippen LogP contribution in [0.4, 0.5) is 0 Å². The van der Waals surface area contributed by atoms with Crippen LogP contribution in [0.25, 0.3) is 0 Å². The molecule has 0 aliphatic carbocycles. The van der Waals surface area contributed by atoms with E-state index in [9.17, 15) is 14.2 Å². The highest BCUT2D eigenvalue weighted by atomic mass is 31.2. The van der Waals surface area contributed by atoms with Crippen LogP contribution in [0.15, 0.2) is 0 Å². The lowest BCUT2D eigenvalue weighted by molar-refractivity contribution is -0.158. The van der Waals surface area contributed by atoms with E-state index >= 15 is 0 Å². The maximum Gasteiger partial charge on any atom is 0.469 e. The number of hydrogen-bond donors (Lipinski definition) is 2. The molecule has 0 aliphatic rings. The molecule has 0 aromatic rings. The molecular formula is C35H41O8P. The summed E-state index contributed by atoms with van der Waals surface area (Å²) in [5.41, 5.74) is 0. The van der Waals surface area contributed by atoms with Gasteiger partial charge < -0.3 is 19.3 Å². The first-order valence-electron chi connectivity index (χ1n) is 14.8. The smallest absolute Gasteiger partial charge is 0.456 e. The SMILES string of the molecule is CC#CC#CC#CC#CC#CC#CC#CC(=O)OC[C@H](COP(=O)(O)O)OC(=O)CCCCCCCCCCCCCCC. The third-order valence-electron chi connectivity index (χ3n) is 5.59. The molecule has 0 aliphatic heterocycles. The van der Waals surface area contributed by atoms with Crippen molar-refractivity contribution in [3.63, 3.8) is 0 Å². The average molecular weight is 621 g/mol. The van der Waals surface area contributed by atoms with Crippen LogP contribution in [0.1, 0.15) is 104 Å². The van der Waals surface area contributed by atoms with Gasteiger partial charge in [0, 0.05) is 12.3 Å². The molecule has 0 saturated carbocycles. The van der Waals surface area contributed by atoms with Crippen LogP contribution in [0, 0.1) is 82.9 Å². The maximum absolute atomic E-state index is 12.2. The highest BCUT2D eigenvalue weighted by Gasteiger charge is 2.22. The van der Waals surface area contributed by atoms with E-state index < -0.39 is 39.1 Å². The topological polar surface area (TPSA) is 119 Å². The van der Waals surface area contributed by atoms with Crippen molar-refractivity contribution < 1.29 is 37.9 Å². The fourth-order valence-electron chi connectivity index (χ4n) is 3.49. The Balaban J connectivity index is 4.43. The summed E-state index contributed by atoms with van der Waals surface area (Å²) in [5.74, 6) is 32.3. The van der Waals surface area contributed by atoms with Gasteiger partial charge in [0.2, 0.25) is 0 Å². The van der Waals surface area contributed by atoms with E-state index in [0.717, 1.165) is 19.3 Å². The third kappa shape index (κ3) is 30.9. The summed E-state index contributed by atoms with van der Waals surface area (Å²) in [7, 11) is -4.82. The molecule has 0 aromatic carbocycles. The molecule has 0 aromatic heterocycles. The Hall–Kier alpha value is -4.03. The average Bonchev–Trinajstić information content (AvgIpc) is 2.98. The maximum atomic E-state index is 12.2. The Labute approximate surface area is 263 Å². The van der Waals surface area contributed by atoms with Crippen LogP contribution < -0.4 is 0 Å². The predicted octanol–water partition coefficient (Wildman–Crippen LogP) is 5.08. The van der Waals surface area contributed by atoms with Gasteiger partial charge in [-0.1, -0.05) is 89.9 Å². The number of phosphoric acid groups is 1. The van der Waals surface area contributed by atoms with Crippen LogP contribution >= 0.6 is 7.82 Å². The third-order valence-corrected chi connectivity index (χ3v) is 6.07. The molecule has 0 bridgehead atoms. The van der Waals surface area contributed by atoms with Gasteiger partial charge in [-0.3, -0.25) is 9.32 Å². The molecule has 44 heavy (non-hydrogen) atoms. The molecule has 1 atom stereocenters. The number of carbonyl (C=O) groups excluding carboxylic acids is 2. The van der Waals surface area contributed by atoms with E-state index in [-0.39, 0.29) is 6.42 Å². The van der Waals surface area contributed by atoms with Crippen LogP contribution in [-0.4, -0.2) is 41.0 Å². The largest absolute Gasteiger partial charge is 0.469 e. The van der Waals surface area contributed by atoms with Gasteiger partial charge in [-0.15, -0.1) is 0 Å². The molecule has 8 nitrogen and oxygen atoms in total. The van der Waals surface area contributed by atoms with Crippen LogP contribution in [0.5, 0.6) is 0 Å². The van der Waals surface area contributed by atoms with Gasteiger partial charge >= 0.3 is 19.8 Å². The highest BCUT2D eigenvalue weighted by Crippen LogP contribution is 2.35. The Morgan fingerprint density at radius 3 is 1.52 bits per heavy atom. The zero-order valence-corrected chi connectivity index (χ0v) is 26.6. The van der Waals surface area contributed by atoms with Gasteiger partial charge in [-0.05, 0) is 84.4 Å². The van der Waals surface area contributed by atoms with E-state index in [1.54, 1.807) is 6.92 Å². The lowest BCUT2D eigenvalue weighted by Gasteiger charge is -2.17. The molecule has 0 radical (unpaired) electrons. The normalized spacial score (nSPS) is 9.82. The number of esters is 2. The number of hydrogen-bond acceptors (Lipinski definition) is 6. The fourth-order valence-corrected chi connectivity index (χ4v) is 3.85. The van der Waals surface area contributed by atoms with E-state index in [4.69, 9.17) is 19.3 Å². The monoisotopic (exact) mass is 620 g/mol. The number of carbonyl (C=O) groups is 2. The highest BCUT2D eigenvalue weighted by molar-refractivity contribution is 7.46. The van der Waals surface area contributed by atoms with Crippen molar-refractivity contribution in [1.82, 2.24) is 0 Å². The fraction of sp³-hybridized carbons (Fsp3) is 0.543. The first-order chi connectivity index (χ1) is 21.3. The van der Waals surface area contributed by atoms with Gasteiger partial charge in [-0.2, -0.15) is 0 Å². The molecule has 0 unspecified atom stereocenters. The van der Waals surface area contributed by atoms with Gasteiger partial charge in [0.1, 0.15) is 6.61 Å². The molecule has 0 rings (SSSR count). The second kappa shape index (κ2) is 29.1. The van der Waals surface area contributed by atoms with Gasteiger partial charge in [0.25, 0.3) is 0 Å². The summed E-state index contributed by atoms with van der Waals surface area (Å²) >= 11 is 0. The molecule has 0 fully saturated rings. The van der Waals surface area contributed by atoms with Crippen LogP contribution in [0.3, 0.4) is 0 Å². The summed E-state index contributed by atoms with van der Waals surface area (Å²) in [6.07, 6.45) is 14.1. The van der Waals surface area contributed by atoms with Crippen molar-refractivity contribution in [3.8, 4) is 82.9 Å². The minimum atomic E-state index is -4.82. The van der Waals surface area contributed by atoms with Crippen LogP contribution in [-0.2, 0) is 28.2 Å². The zero-order chi connectivity index (χ0) is 32.6. The zero-order valence-electron chi connectivity index (χ0n) is 25.7. The first kappa shape index (κ1) is 40.0. The van der Waals surface area contributed by atoms with Crippen molar-refractivity contribution >= 4 is 19.8 Å². The summed E-state index contributed by atoms with van der Waals surface area (Å²) in [6, 6.07) is 0. The van der Waals surface area contributed by atoms with E-state index in [1.807, 2.05) is 0 Å². The number of unbranched alkanes of at least 4 members (excludes halogenated alkanes) is 12. The second-order valence-corrected chi connectivity index (χ2v) is 10.6. The minimum Gasteiger partial charge on any atom is -0.456 e. The Bertz CT molecular complexity index is 1360. The Morgan fingerprint density at radius 2 is 1.07 bits per heavy atom. The summed E-state index contributed by atoms with van der Waals surface area (Å²) in [5, 5.41) is 0. The van der Waals surface area contributed by atoms with E-state index in [0.29, 0.717) is 6.42 Å². The minimum absolute atomic E-state index is 0.133. The number of rotatable bonds is 20. The first-order valence-corrected chi connectivity index (χ1v) is 16.3. The Morgan fingerprint density at radius 1 is 0.636 bits per heavy atom. The second-order valence-electron chi connectivity index (χ2n) is 9.36.